The summed E-state index contributed by atoms with van der Waals surface area (Å²) >= 11 is 5.81. The first-order valence-corrected chi connectivity index (χ1v) is 7.35. The Morgan fingerprint density at radius 2 is 2.14 bits per heavy atom. The number of hydrogen-bond acceptors (Lipinski definition) is 4. The molecule has 6 heteroatoms. The van der Waals surface area contributed by atoms with E-state index < -0.39 is 6.09 Å². The van der Waals surface area contributed by atoms with Gasteiger partial charge in [0, 0.05) is 18.5 Å². The van der Waals surface area contributed by atoms with Crippen LogP contribution >= 0.6 is 11.6 Å². The number of aromatic nitrogens is 1. The molecule has 0 spiro atoms. The number of rotatable bonds is 3. The van der Waals surface area contributed by atoms with Crippen molar-refractivity contribution in [2.24, 2.45) is 0 Å². The minimum Gasteiger partial charge on any atom is -0.473 e. The fraction of sp³-hybridized carbons (Fsp3) is 0.250. The molecule has 3 rings (SSSR count). The first kappa shape index (κ1) is 14.7. The normalized spacial score (nSPS) is 16.3. The van der Waals surface area contributed by atoms with Crippen LogP contribution in [0.15, 0.2) is 42.5 Å². The molecular formula is C16H15ClN2O3. The van der Waals surface area contributed by atoms with Gasteiger partial charge in [-0.15, -0.1) is 0 Å². The maximum Gasteiger partial charge on any atom is 0.407 e. The van der Waals surface area contributed by atoms with Crippen LogP contribution in [0.2, 0.25) is 5.15 Å². The average Bonchev–Trinajstić information content (AvgIpc) is 2.54. The van der Waals surface area contributed by atoms with Crippen LogP contribution in [0.3, 0.4) is 0 Å². The maximum atomic E-state index is 11.8. The van der Waals surface area contributed by atoms with Crippen molar-refractivity contribution in [3.63, 3.8) is 0 Å². The van der Waals surface area contributed by atoms with Crippen molar-refractivity contribution in [3.8, 4) is 5.88 Å². The van der Waals surface area contributed by atoms with Crippen molar-refractivity contribution in [2.45, 2.75) is 19.1 Å². The minimum atomic E-state index is -0.456. The van der Waals surface area contributed by atoms with Gasteiger partial charge in [-0.1, -0.05) is 48.0 Å². The summed E-state index contributed by atoms with van der Waals surface area (Å²) in [5, 5.41) is 3.11. The monoisotopic (exact) mass is 318 g/mol. The predicted octanol–water partition coefficient (Wildman–Crippen LogP) is 2.96. The number of halogens is 1. The molecule has 1 atom stereocenters. The van der Waals surface area contributed by atoms with Gasteiger partial charge in [-0.3, -0.25) is 0 Å². The second-order valence-corrected chi connectivity index (χ2v) is 5.37. The molecule has 22 heavy (non-hydrogen) atoms. The Balaban J connectivity index is 1.51. The number of ether oxygens (including phenoxy) is 2. The van der Waals surface area contributed by atoms with Crippen molar-refractivity contribution in [1.29, 1.82) is 0 Å². The number of amides is 1. The first-order valence-electron chi connectivity index (χ1n) is 6.97. The van der Waals surface area contributed by atoms with Crippen LogP contribution in [0.4, 0.5) is 4.79 Å². The molecule has 0 radical (unpaired) electrons. The van der Waals surface area contributed by atoms with Crippen LogP contribution in [-0.4, -0.2) is 23.8 Å². The van der Waals surface area contributed by atoms with Gasteiger partial charge in [0.1, 0.15) is 17.9 Å². The predicted molar refractivity (Wildman–Crippen MR) is 82.0 cm³/mol. The lowest BCUT2D eigenvalue weighted by Crippen LogP contribution is -2.35. The molecule has 0 saturated heterocycles. The van der Waals surface area contributed by atoms with Gasteiger partial charge >= 0.3 is 6.09 Å². The number of carbonyl (C=O) groups excluding carboxylic acids is 1. The Kier molecular flexibility index (Phi) is 4.44. The van der Waals surface area contributed by atoms with Crippen LogP contribution in [0, 0.1) is 0 Å². The van der Waals surface area contributed by atoms with Gasteiger partial charge < -0.3 is 14.8 Å². The standard InChI is InChI=1S/C16H15ClN2O3/c17-14-7-6-12-8-13(10-21-15(12)19-14)22-16(20)18-9-11-4-2-1-3-5-11/h1-7,13H,8-10H2,(H,18,20)/t13-/m1/s1. The first-order chi connectivity index (χ1) is 10.7. The third-order valence-corrected chi connectivity index (χ3v) is 3.52. The fourth-order valence-corrected chi connectivity index (χ4v) is 2.38. The number of pyridine rings is 1. The molecule has 1 aliphatic heterocycles. The smallest absolute Gasteiger partial charge is 0.407 e. The molecular weight excluding hydrogens is 304 g/mol. The van der Waals surface area contributed by atoms with Gasteiger partial charge in [0.25, 0.3) is 0 Å². The zero-order valence-corrected chi connectivity index (χ0v) is 12.5. The Bertz CT molecular complexity index is 664. The molecule has 0 aliphatic carbocycles. The van der Waals surface area contributed by atoms with E-state index in [9.17, 15) is 4.79 Å². The Morgan fingerprint density at radius 3 is 2.95 bits per heavy atom. The molecule has 5 nitrogen and oxygen atoms in total. The number of nitrogens with one attached hydrogen (secondary N) is 1. The van der Waals surface area contributed by atoms with Gasteiger partial charge in [-0.2, -0.15) is 0 Å². The summed E-state index contributed by atoms with van der Waals surface area (Å²) in [5.41, 5.74) is 1.90. The lowest BCUT2D eigenvalue weighted by Gasteiger charge is -2.24. The average molecular weight is 319 g/mol. The summed E-state index contributed by atoms with van der Waals surface area (Å²) in [6.45, 7) is 0.708. The largest absolute Gasteiger partial charge is 0.473 e. The Hall–Kier alpha value is -2.27. The number of fused-ring (bicyclic) bond motifs is 1. The highest BCUT2D eigenvalue weighted by Crippen LogP contribution is 2.25. The van der Waals surface area contributed by atoms with E-state index in [0.29, 0.717) is 24.0 Å². The number of alkyl carbamates (subject to hydrolysis) is 1. The third kappa shape index (κ3) is 3.68. The maximum absolute atomic E-state index is 11.8. The van der Waals surface area contributed by atoms with Gasteiger partial charge in [-0.25, -0.2) is 9.78 Å². The minimum absolute atomic E-state index is 0.277. The van der Waals surface area contributed by atoms with Crippen LogP contribution in [0.1, 0.15) is 11.1 Å². The summed E-state index contributed by atoms with van der Waals surface area (Å²) in [6, 6.07) is 13.2. The molecule has 1 N–H and O–H groups in total. The van der Waals surface area contributed by atoms with E-state index >= 15 is 0 Å². The molecule has 0 unspecified atom stereocenters. The van der Waals surface area contributed by atoms with Gasteiger partial charge in [0.2, 0.25) is 5.88 Å². The Labute approximate surface area is 133 Å². The quantitative estimate of drug-likeness (QED) is 0.884. The molecule has 2 aromatic rings. The van der Waals surface area contributed by atoms with Crippen LogP contribution in [0.25, 0.3) is 0 Å². The second-order valence-electron chi connectivity index (χ2n) is 4.98. The van der Waals surface area contributed by atoms with Crippen molar-refractivity contribution in [3.05, 3.63) is 58.7 Å². The van der Waals surface area contributed by atoms with E-state index in [1.807, 2.05) is 36.4 Å². The highest BCUT2D eigenvalue weighted by molar-refractivity contribution is 6.29. The van der Waals surface area contributed by atoms with Gasteiger partial charge in [0.15, 0.2) is 0 Å². The summed E-state index contributed by atoms with van der Waals surface area (Å²) in [7, 11) is 0. The van der Waals surface area contributed by atoms with Crippen molar-refractivity contribution >= 4 is 17.7 Å². The van der Waals surface area contributed by atoms with E-state index in [4.69, 9.17) is 21.1 Å². The SMILES string of the molecule is O=C(NCc1ccccc1)O[C@H]1COc2nc(Cl)ccc2C1. The van der Waals surface area contributed by atoms with Crippen molar-refractivity contribution in [2.75, 3.05) is 6.61 Å². The van der Waals surface area contributed by atoms with Crippen LogP contribution in [-0.2, 0) is 17.7 Å². The number of hydrogen-bond donors (Lipinski definition) is 1. The molecule has 1 aliphatic rings. The van der Waals surface area contributed by atoms with Crippen molar-refractivity contribution in [1.82, 2.24) is 10.3 Å². The van der Waals surface area contributed by atoms with E-state index in [-0.39, 0.29) is 12.7 Å². The van der Waals surface area contributed by atoms with E-state index in [0.717, 1.165) is 11.1 Å². The summed E-state index contributed by atoms with van der Waals surface area (Å²) in [4.78, 5) is 15.9. The zero-order valence-electron chi connectivity index (χ0n) is 11.8. The lowest BCUT2D eigenvalue weighted by atomic mass is 10.1. The van der Waals surface area contributed by atoms with E-state index in [2.05, 4.69) is 10.3 Å². The highest BCUT2D eigenvalue weighted by Gasteiger charge is 2.24. The van der Waals surface area contributed by atoms with E-state index in [1.54, 1.807) is 6.07 Å². The van der Waals surface area contributed by atoms with Crippen LogP contribution < -0.4 is 10.1 Å². The molecule has 0 bridgehead atoms. The molecule has 0 saturated carbocycles. The molecule has 1 aromatic carbocycles. The Morgan fingerprint density at radius 1 is 1.32 bits per heavy atom. The fourth-order valence-electron chi connectivity index (χ4n) is 2.24. The van der Waals surface area contributed by atoms with Gasteiger partial charge in [-0.05, 0) is 11.6 Å². The number of carbonyl (C=O) groups is 1. The third-order valence-electron chi connectivity index (χ3n) is 3.31. The lowest BCUT2D eigenvalue weighted by molar-refractivity contribution is 0.0534. The van der Waals surface area contributed by atoms with Gasteiger partial charge in [0.05, 0.1) is 0 Å². The van der Waals surface area contributed by atoms with Crippen LogP contribution in [0.5, 0.6) is 5.88 Å². The zero-order chi connectivity index (χ0) is 15.4. The number of nitrogens with zero attached hydrogens (tertiary/aromatic N) is 1. The van der Waals surface area contributed by atoms with Crippen molar-refractivity contribution < 1.29 is 14.3 Å². The molecule has 2 heterocycles. The topological polar surface area (TPSA) is 60.5 Å². The molecule has 0 fully saturated rings. The number of benzene rings is 1. The second kappa shape index (κ2) is 6.66. The molecule has 1 aromatic heterocycles. The summed E-state index contributed by atoms with van der Waals surface area (Å²) in [5.74, 6) is 0.511. The van der Waals surface area contributed by atoms with E-state index in [1.165, 1.54) is 0 Å². The molecule has 1 amide bonds. The summed E-state index contributed by atoms with van der Waals surface area (Å²) < 4.78 is 10.8. The highest BCUT2D eigenvalue weighted by atomic mass is 35.5. The molecule has 114 valence electrons. The summed E-state index contributed by atoms with van der Waals surface area (Å²) in [6.07, 6.45) is -0.216.